The van der Waals surface area contributed by atoms with Crippen molar-refractivity contribution in [3.63, 3.8) is 0 Å². The van der Waals surface area contributed by atoms with Gasteiger partial charge in [-0.05, 0) is 49.0 Å². The lowest BCUT2D eigenvalue weighted by Gasteiger charge is -2.11. The number of pyridine rings is 1. The normalized spacial score (nSPS) is 11.6. The second-order valence-corrected chi connectivity index (χ2v) is 8.69. The van der Waals surface area contributed by atoms with Gasteiger partial charge in [0.25, 0.3) is 10.0 Å². The minimum Gasteiger partial charge on any atom is -0.497 e. The number of anilines is 2. The van der Waals surface area contributed by atoms with E-state index in [4.69, 9.17) is 4.74 Å². The molecule has 0 bridgehead atoms. The number of hydrogen-bond donors (Lipinski definition) is 2. The Labute approximate surface area is 179 Å². The quantitative estimate of drug-likeness (QED) is 0.454. The Morgan fingerprint density at radius 3 is 2.68 bits per heavy atom. The Morgan fingerprint density at radius 1 is 1.16 bits per heavy atom. The molecule has 0 saturated heterocycles. The molecule has 9 heteroatoms. The van der Waals surface area contributed by atoms with Gasteiger partial charge in [-0.3, -0.25) is 4.98 Å². The van der Waals surface area contributed by atoms with Crippen LogP contribution < -0.4 is 15.4 Å². The number of ether oxygens (including phenoxy) is 1. The first-order valence-electron chi connectivity index (χ1n) is 9.49. The summed E-state index contributed by atoms with van der Waals surface area (Å²) in [4.78, 5) is 4.01. The van der Waals surface area contributed by atoms with Gasteiger partial charge in [-0.2, -0.15) is 0 Å². The van der Waals surface area contributed by atoms with Crippen LogP contribution >= 0.6 is 0 Å². The van der Waals surface area contributed by atoms with E-state index in [0.29, 0.717) is 23.5 Å². The van der Waals surface area contributed by atoms with Crippen molar-refractivity contribution < 1.29 is 17.5 Å². The molecule has 0 saturated carbocycles. The number of halogens is 1. The van der Waals surface area contributed by atoms with Crippen molar-refractivity contribution >= 4 is 32.3 Å². The van der Waals surface area contributed by atoms with E-state index in [1.807, 2.05) is 6.07 Å². The number of rotatable bonds is 7. The zero-order chi connectivity index (χ0) is 22.0. The second-order valence-electron chi connectivity index (χ2n) is 6.88. The van der Waals surface area contributed by atoms with Crippen LogP contribution in [0.15, 0.2) is 72.0 Å². The fourth-order valence-corrected chi connectivity index (χ4v) is 4.71. The summed E-state index contributed by atoms with van der Waals surface area (Å²) in [5, 5.41) is 6.84. The molecule has 0 atom stereocenters. The lowest BCUT2D eigenvalue weighted by molar-refractivity contribution is 0.411. The van der Waals surface area contributed by atoms with E-state index >= 15 is 0 Å². The van der Waals surface area contributed by atoms with E-state index < -0.39 is 15.8 Å². The fourth-order valence-electron chi connectivity index (χ4n) is 3.37. The molecule has 0 unspecified atom stereocenters. The van der Waals surface area contributed by atoms with Gasteiger partial charge < -0.3 is 15.4 Å². The third-order valence-electron chi connectivity index (χ3n) is 4.87. The zero-order valence-electron chi connectivity index (χ0n) is 17.0. The number of nitrogens with one attached hydrogen (secondary N) is 2. The molecule has 0 spiro atoms. The van der Waals surface area contributed by atoms with E-state index in [2.05, 4.69) is 15.6 Å². The molecule has 0 radical (unpaired) electrons. The van der Waals surface area contributed by atoms with Crippen LogP contribution in [0.2, 0.25) is 0 Å². The molecule has 4 aromatic rings. The molecule has 160 valence electrons. The van der Waals surface area contributed by atoms with Crippen LogP contribution in [-0.2, 0) is 16.6 Å². The van der Waals surface area contributed by atoms with Gasteiger partial charge in [-0.1, -0.05) is 6.07 Å². The van der Waals surface area contributed by atoms with Crippen molar-refractivity contribution in [1.82, 2.24) is 14.3 Å². The first-order valence-corrected chi connectivity index (χ1v) is 10.9. The predicted octanol–water partition coefficient (Wildman–Crippen LogP) is 3.88. The molecule has 0 amide bonds. The third-order valence-corrected chi connectivity index (χ3v) is 6.53. The Morgan fingerprint density at radius 2 is 2.00 bits per heavy atom. The largest absolute Gasteiger partial charge is 0.497 e. The Bertz CT molecular complexity index is 1340. The Balaban J connectivity index is 1.82. The molecule has 7 nitrogen and oxygen atoms in total. The van der Waals surface area contributed by atoms with Crippen molar-refractivity contribution in [3.05, 3.63) is 78.5 Å². The van der Waals surface area contributed by atoms with Crippen LogP contribution in [0.1, 0.15) is 5.56 Å². The summed E-state index contributed by atoms with van der Waals surface area (Å²) in [7, 11) is -0.601. The summed E-state index contributed by atoms with van der Waals surface area (Å²) in [5.74, 6) is -0.0691. The summed E-state index contributed by atoms with van der Waals surface area (Å²) >= 11 is 0. The lowest BCUT2D eigenvalue weighted by Crippen LogP contribution is -2.12. The molecular formula is C22H21FN4O3S. The maximum absolute atomic E-state index is 14.4. The summed E-state index contributed by atoms with van der Waals surface area (Å²) < 4.78 is 47.2. The van der Waals surface area contributed by atoms with Crippen molar-refractivity contribution in [2.45, 2.75) is 11.4 Å². The highest BCUT2D eigenvalue weighted by Crippen LogP contribution is 2.30. The number of nitrogens with zero attached hydrogens (tertiary/aromatic N) is 2. The van der Waals surface area contributed by atoms with Crippen LogP contribution in [0, 0.1) is 5.82 Å². The van der Waals surface area contributed by atoms with Crippen LogP contribution in [0.5, 0.6) is 5.75 Å². The predicted molar refractivity (Wildman–Crippen MR) is 118 cm³/mol. The summed E-state index contributed by atoms with van der Waals surface area (Å²) in [5.41, 5.74) is 2.11. The van der Waals surface area contributed by atoms with E-state index in [9.17, 15) is 12.8 Å². The molecular weight excluding hydrogens is 419 g/mol. The molecule has 0 aliphatic heterocycles. The van der Waals surface area contributed by atoms with Crippen LogP contribution in [0.25, 0.3) is 10.9 Å². The SMILES string of the molecule is CNCc1cn(S(=O)(=O)c2cccnc2)c2cc(Nc3ccc(OC)cc3F)ccc12. The van der Waals surface area contributed by atoms with Crippen molar-refractivity contribution in [3.8, 4) is 5.75 Å². The topological polar surface area (TPSA) is 85.2 Å². The molecule has 2 heterocycles. The van der Waals surface area contributed by atoms with E-state index in [-0.39, 0.29) is 10.6 Å². The monoisotopic (exact) mass is 440 g/mol. The fraction of sp³-hybridized carbons (Fsp3) is 0.136. The average molecular weight is 441 g/mol. The van der Waals surface area contributed by atoms with Crippen molar-refractivity contribution in [2.24, 2.45) is 0 Å². The van der Waals surface area contributed by atoms with Crippen molar-refractivity contribution in [2.75, 3.05) is 19.5 Å². The van der Waals surface area contributed by atoms with Gasteiger partial charge in [0.1, 0.15) is 16.5 Å². The Hall–Kier alpha value is -3.43. The second kappa shape index (κ2) is 8.37. The highest BCUT2D eigenvalue weighted by Gasteiger charge is 2.21. The molecule has 2 aromatic carbocycles. The molecule has 0 fully saturated rings. The molecule has 0 aliphatic carbocycles. The molecule has 2 N–H and O–H groups in total. The van der Waals surface area contributed by atoms with Gasteiger partial charge in [-0.25, -0.2) is 16.8 Å². The van der Waals surface area contributed by atoms with E-state index in [1.165, 1.54) is 35.6 Å². The van der Waals surface area contributed by atoms with Gasteiger partial charge in [0.2, 0.25) is 0 Å². The number of fused-ring (bicyclic) bond motifs is 1. The first-order chi connectivity index (χ1) is 14.9. The lowest BCUT2D eigenvalue weighted by atomic mass is 10.1. The van der Waals surface area contributed by atoms with E-state index in [0.717, 1.165) is 10.9 Å². The summed E-state index contributed by atoms with van der Waals surface area (Å²) in [6.07, 6.45) is 4.43. The minimum atomic E-state index is -3.86. The summed E-state index contributed by atoms with van der Waals surface area (Å²) in [6, 6.07) is 12.9. The third kappa shape index (κ3) is 3.97. The van der Waals surface area contributed by atoms with Gasteiger partial charge in [-0.15, -0.1) is 0 Å². The Kier molecular flexibility index (Phi) is 5.62. The van der Waals surface area contributed by atoms with Gasteiger partial charge >= 0.3 is 0 Å². The number of benzene rings is 2. The van der Waals surface area contributed by atoms with Crippen molar-refractivity contribution in [1.29, 1.82) is 0 Å². The van der Waals surface area contributed by atoms with Gasteiger partial charge in [0, 0.05) is 42.3 Å². The zero-order valence-corrected chi connectivity index (χ0v) is 17.8. The smallest absolute Gasteiger partial charge is 0.269 e. The van der Waals surface area contributed by atoms with Gasteiger partial charge in [0.05, 0.1) is 18.3 Å². The van der Waals surface area contributed by atoms with Crippen LogP contribution in [-0.4, -0.2) is 31.5 Å². The molecule has 0 aliphatic rings. The highest BCUT2D eigenvalue weighted by molar-refractivity contribution is 7.90. The number of hydrogen-bond acceptors (Lipinski definition) is 6. The average Bonchev–Trinajstić information content (AvgIpc) is 3.14. The maximum atomic E-state index is 14.4. The number of methoxy groups -OCH3 is 1. The van der Waals surface area contributed by atoms with Crippen LogP contribution in [0.3, 0.4) is 0 Å². The molecule has 2 aromatic heterocycles. The standard InChI is InChI=1S/C22H21FN4O3S/c1-24-12-15-14-27(31(28,29)18-4-3-9-25-13-18)22-10-16(5-7-19(15)22)26-21-8-6-17(30-2)11-20(21)23/h3-11,13-14,24,26H,12H2,1-2H3. The highest BCUT2D eigenvalue weighted by atomic mass is 32.2. The first kappa shape index (κ1) is 20.8. The number of aromatic nitrogens is 2. The minimum absolute atomic E-state index is 0.0856. The molecule has 31 heavy (non-hydrogen) atoms. The summed E-state index contributed by atoms with van der Waals surface area (Å²) in [6.45, 7) is 0.492. The van der Waals surface area contributed by atoms with Crippen LogP contribution in [0.4, 0.5) is 15.8 Å². The van der Waals surface area contributed by atoms with E-state index in [1.54, 1.807) is 43.6 Å². The molecule has 4 rings (SSSR count). The maximum Gasteiger partial charge on any atom is 0.269 e. The van der Waals surface area contributed by atoms with Gasteiger partial charge in [0.15, 0.2) is 0 Å².